The molecule has 78 valence electrons. The van der Waals surface area contributed by atoms with Gasteiger partial charge in [-0.25, -0.2) is 9.59 Å². The van der Waals surface area contributed by atoms with Gasteiger partial charge in [0, 0.05) is 5.57 Å². The molecule has 0 atom stereocenters. The fraction of sp³-hybridized carbons (Fsp3) is 0.400. The lowest BCUT2D eigenvalue weighted by Gasteiger charge is -2.02. The van der Waals surface area contributed by atoms with Crippen LogP contribution in [0, 0.1) is 0 Å². The van der Waals surface area contributed by atoms with Crippen LogP contribution < -0.4 is 0 Å². The first kappa shape index (κ1) is 12.4. The highest BCUT2D eigenvalue weighted by Gasteiger charge is 2.08. The lowest BCUT2D eigenvalue weighted by atomic mass is 10.2. The van der Waals surface area contributed by atoms with Crippen molar-refractivity contribution >= 4 is 11.9 Å². The third-order valence-electron chi connectivity index (χ3n) is 1.44. The third kappa shape index (κ3) is 3.89. The topological polar surface area (TPSA) is 52.6 Å². The number of carbonyl (C=O) groups is 2. The van der Waals surface area contributed by atoms with Gasteiger partial charge in [-0.2, -0.15) is 0 Å². The maximum absolute atomic E-state index is 11.1. The monoisotopic (exact) mass is 198 g/mol. The molecular formula is C10H14O4. The summed E-state index contributed by atoms with van der Waals surface area (Å²) in [5.41, 5.74) is 0.445. The van der Waals surface area contributed by atoms with Gasteiger partial charge < -0.3 is 9.47 Å². The van der Waals surface area contributed by atoms with Crippen molar-refractivity contribution in [3.8, 4) is 0 Å². The van der Waals surface area contributed by atoms with Crippen molar-refractivity contribution in [3.63, 3.8) is 0 Å². The molecule has 0 aliphatic rings. The number of hydrogen-bond acceptors (Lipinski definition) is 4. The SMILES string of the molecule is C=C(C=C(C)C(=O)OC)C(=O)OCC. The molecule has 0 aromatic heterocycles. The van der Waals surface area contributed by atoms with E-state index in [1.165, 1.54) is 20.1 Å². The molecule has 4 heteroatoms. The van der Waals surface area contributed by atoms with Crippen molar-refractivity contribution in [1.82, 2.24) is 0 Å². The van der Waals surface area contributed by atoms with E-state index < -0.39 is 11.9 Å². The minimum Gasteiger partial charge on any atom is -0.466 e. The van der Waals surface area contributed by atoms with Crippen LogP contribution in [0.5, 0.6) is 0 Å². The van der Waals surface area contributed by atoms with Gasteiger partial charge >= 0.3 is 11.9 Å². The summed E-state index contributed by atoms with van der Waals surface area (Å²) in [4.78, 5) is 22.0. The molecule has 0 saturated carbocycles. The summed E-state index contributed by atoms with van der Waals surface area (Å²) >= 11 is 0. The summed E-state index contributed by atoms with van der Waals surface area (Å²) in [5, 5.41) is 0. The summed E-state index contributed by atoms with van der Waals surface area (Å²) in [7, 11) is 1.27. The van der Waals surface area contributed by atoms with E-state index >= 15 is 0 Å². The second-order valence-corrected chi connectivity index (χ2v) is 2.56. The minimum atomic E-state index is -0.532. The van der Waals surface area contributed by atoms with Gasteiger partial charge in [-0.05, 0) is 19.9 Å². The number of methoxy groups -OCH3 is 1. The molecule has 0 bridgehead atoms. The molecule has 0 rings (SSSR count). The van der Waals surface area contributed by atoms with E-state index in [1.54, 1.807) is 6.92 Å². The molecule has 0 amide bonds. The number of rotatable bonds is 4. The summed E-state index contributed by atoms with van der Waals surface area (Å²) in [6, 6.07) is 0. The smallest absolute Gasteiger partial charge is 0.337 e. The van der Waals surface area contributed by atoms with Crippen LogP contribution in [0.3, 0.4) is 0 Å². The van der Waals surface area contributed by atoms with Crippen LogP contribution >= 0.6 is 0 Å². The van der Waals surface area contributed by atoms with Crippen LogP contribution in [0.1, 0.15) is 13.8 Å². The van der Waals surface area contributed by atoms with E-state index in [-0.39, 0.29) is 12.2 Å². The second-order valence-electron chi connectivity index (χ2n) is 2.56. The number of ether oxygens (including phenoxy) is 2. The number of carbonyl (C=O) groups excluding carboxylic acids is 2. The average Bonchev–Trinajstić information content (AvgIpc) is 2.16. The van der Waals surface area contributed by atoms with E-state index in [2.05, 4.69) is 16.1 Å². The van der Waals surface area contributed by atoms with E-state index in [9.17, 15) is 9.59 Å². The molecule has 0 aromatic rings. The molecule has 0 unspecified atom stereocenters. The van der Waals surface area contributed by atoms with Crippen molar-refractivity contribution in [2.24, 2.45) is 0 Å². The second kappa shape index (κ2) is 5.96. The number of esters is 2. The molecule has 0 N–H and O–H groups in total. The molecule has 0 aliphatic heterocycles. The Morgan fingerprint density at radius 2 is 1.93 bits per heavy atom. The average molecular weight is 198 g/mol. The molecule has 0 heterocycles. The normalized spacial score (nSPS) is 10.6. The highest BCUT2D eigenvalue weighted by atomic mass is 16.5. The van der Waals surface area contributed by atoms with Crippen molar-refractivity contribution in [3.05, 3.63) is 23.8 Å². The quantitative estimate of drug-likeness (QED) is 0.387. The van der Waals surface area contributed by atoms with Crippen LogP contribution in [0.4, 0.5) is 0 Å². The Morgan fingerprint density at radius 1 is 1.36 bits per heavy atom. The van der Waals surface area contributed by atoms with Gasteiger partial charge in [0.05, 0.1) is 19.3 Å². The molecule has 0 spiro atoms. The Labute approximate surface area is 83.2 Å². The first-order chi connectivity index (χ1) is 6.52. The Kier molecular flexibility index (Phi) is 5.29. The molecule has 0 aliphatic carbocycles. The fourth-order valence-corrected chi connectivity index (χ4v) is 0.764. The van der Waals surface area contributed by atoms with Crippen LogP contribution in [-0.2, 0) is 19.1 Å². The first-order valence-electron chi connectivity index (χ1n) is 4.15. The maximum atomic E-state index is 11.1. The predicted octanol–water partition coefficient (Wildman–Crippen LogP) is 1.22. The number of hydrogen-bond donors (Lipinski definition) is 0. The first-order valence-corrected chi connectivity index (χ1v) is 4.15. The van der Waals surface area contributed by atoms with Crippen molar-refractivity contribution in [2.75, 3.05) is 13.7 Å². The molecule has 0 saturated heterocycles. The third-order valence-corrected chi connectivity index (χ3v) is 1.44. The lowest BCUT2D eigenvalue weighted by molar-refractivity contribution is -0.138. The Balaban J connectivity index is 4.43. The van der Waals surface area contributed by atoms with Gasteiger partial charge in [-0.15, -0.1) is 0 Å². The summed E-state index contributed by atoms with van der Waals surface area (Å²) < 4.78 is 9.13. The van der Waals surface area contributed by atoms with Crippen molar-refractivity contribution in [2.45, 2.75) is 13.8 Å². The maximum Gasteiger partial charge on any atom is 0.337 e. The van der Waals surface area contributed by atoms with Gasteiger partial charge in [0.1, 0.15) is 0 Å². The standard InChI is InChI=1S/C10H14O4/c1-5-14-10(12)8(3)6-7(2)9(11)13-4/h6H,3,5H2,1-2,4H3. The summed E-state index contributed by atoms with van der Waals surface area (Å²) in [5.74, 6) is -1.02. The zero-order valence-corrected chi connectivity index (χ0v) is 8.62. The van der Waals surface area contributed by atoms with Crippen molar-refractivity contribution < 1.29 is 19.1 Å². The Morgan fingerprint density at radius 3 is 2.36 bits per heavy atom. The fourth-order valence-electron chi connectivity index (χ4n) is 0.764. The van der Waals surface area contributed by atoms with Crippen LogP contribution in [0.25, 0.3) is 0 Å². The van der Waals surface area contributed by atoms with Gasteiger partial charge in [0.2, 0.25) is 0 Å². The largest absolute Gasteiger partial charge is 0.466 e. The predicted molar refractivity (Wildman–Crippen MR) is 51.5 cm³/mol. The zero-order valence-electron chi connectivity index (χ0n) is 8.62. The molecular weight excluding hydrogens is 184 g/mol. The molecule has 0 radical (unpaired) electrons. The zero-order chi connectivity index (χ0) is 11.1. The summed E-state index contributed by atoms with van der Waals surface area (Å²) in [6.07, 6.45) is 1.34. The van der Waals surface area contributed by atoms with E-state index in [1.807, 2.05) is 0 Å². The minimum absolute atomic E-state index is 0.134. The van der Waals surface area contributed by atoms with Gasteiger partial charge in [0.15, 0.2) is 0 Å². The lowest BCUT2D eigenvalue weighted by Crippen LogP contribution is -2.07. The molecule has 0 fully saturated rings. The van der Waals surface area contributed by atoms with Crippen LogP contribution in [0.15, 0.2) is 23.8 Å². The Hall–Kier alpha value is -1.58. The highest BCUT2D eigenvalue weighted by molar-refractivity contribution is 5.95. The van der Waals surface area contributed by atoms with Crippen molar-refractivity contribution in [1.29, 1.82) is 0 Å². The molecule has 0 aromatic carbocycles. The van der Waals surface area contributed by atoms with Crippen LogP contribution in [-0.4, -0.2) is 25.7 Å². The Bertz CT molecular complexity index is 276. The van der Waals surface area contributed by atoms with Gasteiger partial charge in [-0.1, -0.05) is 6.58 Å². The van der Waals surface area contributed by atoms with Gasteiger partial charge in [-0.3, -0.25) is 0 Å². The van der Waals surface area contributed by atoms with E-state index in [0.29, 0.717) is 5.57 Å². The molecule has 14 heavy (non-hydrogen) atoms. The summed E-state index contributed by atoms with van der Waals surface area (Å²) in [6.45, 7) is 6.99. The van der Waals surface area contributed by atoms with E-state index in [4.69, 9.17) is 0 Å². The molecule has 4 nitrogen and oxygen atoms in total. The van der Waals surface area contributed by atoms with Gasteiger partial charge in [0.25, 0.3) is 0 Å². The van der Waals surface area contributed by atoms with Crippen LogP contribution in [0.2, 0.25) is 0 Å². The highest BCUT2D eigenvalue weighted by Crippen LogP contribution is 2.03. The van der Waals surface area contributed by atoms with E-state index in [0.717, 1.165) is 0 Å².